The van der Waals surface area contributed by atoms with E-state index in [2.05, 4.69) is 39.1 Å². The number of aromatic nitrogens is 5. The van der Waals surface area contributed by atoms with Crippen LogP contribution in [0.25, 0.3) is 22.3 Å². The summed E-state index contributed by atoms with van der Waals surface area (Å²) < 4.78 is 7.18. The maximum absolute atomic E-state index is 10.4. The van der Waals surface area contributed by atoms with Gasteiger partial charge < -0.3 is 25.4 Å². The van der Waals surface area contributed by atoms with Crippen molar-refractivity contribution in [1.82, 2.24) is 24.5 Å². The highest BCUT2D eigenvalue weighted by atomic mass is 16.6. The van der Waals surface area contributed by atoms with Gasteiger partial charge in [-0.3, -0.25) is 4.57 Å². The van der Waals surface area contributed by atoms with Gasteiger partial charge in [0.25, 0.3) is 0 Å². The molecule has 28 heavy (non-hydrogen) atoms. The van der Waals surface area contributed by atoms with Crippen molar-refractivity contribution in [2.45, 2.75) is 44.8 Å². The highest BCUT2D eigenvalue weighted by Crippen LogP contribution is 2.34. The van der Waals surface area contributed by atoms with Gasteiger partial charge in [-0.05, 0) is 12.3 Å². The second-order valence-electron chi connectivity index (χ2n) is 7.38. The Hall–Kier alpha value is -2.40. The van der Waals surface area contributed by atoms with E-state index in [0.717, 1.165) is 18.7 Å². The van der Waals surface area contributed by atoms with Gasteiger partial charge in [-0.15, -0.1) is 0 Å². The quantitative estimate of drug-likeness (QED) is 0.474. The number of aliphatic hydroxyl groups excluding tert-OH is 3. The molecule has 4 atom stereocenters. The fraction of sp³-hybridized carbons (Fsp3) is 0.556. The number of hydrogen-bond donors (Lipinski definition) is 4. The molecule has 10 heteroatoms. The van der Waals surface area contributed by atoms with Gasteiger partial charge in [-0.1, -0.05) is 13.8 Å². The third-order valence-corrected chi connectivity index (χ3v) is 4.95. The van der Waals surface area contributed by atoms with Crippen molar-refractivity contribution in [3.8, 4) is 0 Å². The molecule has 3 aromatic rings. The predicted molar refractivity (Wildman–Crippen MR) is 102 cm³/mol. The number of hydrogen-bond acceptors (Lipinski definition) is 9. The number of pyridine rings is 1. The van der Waals surface area contributed by atoms with Crippen molar-refractivity contribution in [1.29, 1.82) is 0 Å². The lowest BCUT2D eigenvalue weighted by Crippen LogP contribution is -2.33. The molecule has 0 saturated carbocycles. The molecule has 0 amide bonds. The van der Waals surface area contributed by atoms with E-state index in [9.17, 15) is 15.3 Å². The van der Waals surface area contributed by atoms with E-state index >= 15 is 0 Å². The summed E-state index contributed by atoms with van der Waals surface area (Å²) in [7, 11) is 0. The number of imidazole rings is 1. The number of rotatable bonds is 6. The molecule has 4 rings (SSSR count). The van der Waals surface area contributed by atoms with E-state index in [-0.39, 0.29) is 0 Å². The Balaban J connectivity index is 1.80. The van der Waals surface area contributed by atoms with Gasteiger partial charge in [-0.2, -0.15) is 0 Å². The van der Waals surface area contributed by atoms with Crippen molar-refractivity contribution in [3.05, 3.63) is 18.7 Å². The second-order valence-corrected chi connectivity index (χ2v) is 7.38. The fourth-order valence-electron chi connectivity index (χ4n) is 3.39. The zero-order valence-corrected chi connectivity index (χ0v) is 15.7. The lowest BCUT2D eigenvalue weighted by molar-refractivity contribution is -0.0511. The average Bonchev–Trinajstić information content (AvgIpc) is 3.22. The molecule has 0 radical (unpaired) electrons. The Morgan fingerprint density at radius 2 is 1.93 bits per heavy atom. The van der Waals surface area contributed by atoms with Crippen LogP contribution < -0.4 is 5.32 Å². The van der Waals surface area contributed by atoms with E-state index < -0.39 is 31.1 Å². The minimum absolute atomic E-state index is 0.398. The van der Waals surface area contributed by atoms with Crippen LogP contribution in [-0.4, -0.2) is 71.3 Å². The topological polar surface area (TPSA) is 138 Å². The first-order valence-corrected chi connectivity index (χ1v) is 9.34. The summed E-state index contributed by atoms with van der Waals surface area (Å²) in [6, 6.07) is 0. The number of fused-ring (bicyclic) bond motifs is 2. The lowest BCUT2D eigenvalue weighted by Gasteiger charge is -2.17. The monoisotopic (exact) mass is 388 g/mol. The molecule has 1 saturated heterocycles. The highest BCUT2D eigenvalue weighted by molar-refractivity contribution is 6.01. The predicted octanol–water partition coefficient (Wildman–Crippen LogP) is 0.444. The van der Waals surface area contributed by atoms with Gasteiger partial charge in [0.05, 0.1) is 18.6 Å². The molecule has 1 aliphatic heterocycles. The van der Waals surface area contributed by atoms with E-state index in [0.29, 0.717) is 28.2 Å². The molecule has 1 fully saturated rings. The molecular weight excluding hydrogens is 364 g/mol. The zero-order valence-electron chi connectivity index (χ0n) is 15.7. The Morgan fingerprint density at radius 3 is 2.64 bits per heavy atom. The van der Waals surface area contributed by atoms with Gasteiger partial charge in [0.15, 0.2) is 17.5 Å². The maximum Gasteiger partial charge on any atom is 0.182 e. The minimum Gasteiger partial charge on any atom is -0.394 e. The van der Waals surface area contributed by atoms with E-state index in [4.69, 9.17) is 4.74 Å². The SMILES string of the molecule is CC(C)CCNc1c2nccnc2nc2c1ncn2[C@@H]1O[C@H](CO)[C@@H](O)[C@H]1O. The van der Waals surface area contributed by atoms with Crippen molar-refractivity contribution in [3.63, 3.8) is 0 Å². The zero-order chi connectivity index (χ0) is 19.8. The lowest BCUT2D eigenvalue weighted by atomic mass is 10.1. The van der Waals surface area contributed by atoms with Crippen LogP contribution in [0, 0.1) is 5.92 Å². The Morgan fingerprint density at radius 1 is 1.14 bits per heavy atom. The van der Waals surface area contributed by atoms with E-state index in [1.807, 2.05) is 0 Å². The minimum atomic E-state index is -1.22. The molecule has 0 aromatic carbocycles. The smallest absolute Gasteiger partial charge is 0.182 e. The van der Waals surface area contributed by atoms with Crippen LogP contribution in [0.15, 0.2) is 18.7 Å². The van der Waals surface area contributed by atoms with Gasteiger partial charge in [0.2, 0.25) is 0 Å². The van der Waals surface area contributed by atoms with Crippen LogP contribution in [-0.2, 0) is 4.74 Å². The summed E-state index contributed by atoms with van der Waals surface area (Å²) in [5, 5.41) is 33.2. The summed E-state index contributed by atoms with van der Waals surface area (Å²) >= 11 is 0. The maximum atomic E-state index is 10.4. The van der Waals surface area contributed by atoms with Crippen LogP contribution in [0.2, 0.25) is 0 Å². The number of aliphatic hydroxyl groups is 3. The first-order chi connectivity index (χ1) is 13.5. The standard InChI is InChI=1S/C18H24N6O4/c1-9(2)3-4-19-11-12-16(21-6-5-20-12)23-17-13(11)22-8-24(17)18-15(27)14(26)10(7-25)28-18/h5-6,8-10,14-15,18,25-27H,3-4,7H2,1-2H3,(H,19,21,23)/t10-,14-,15-,18-/m1/s1. The Labute approximate surface area is 161 Å². The molecule has 0 aliphatic carbocycles. The van der Waals surface area contributed by atoms with Gasteiger partial charge in [-0.25, -0.2) is 19.9 Å². The molecule has 1 aliphatic rings. The van der Waals surface area contributed by atoms with Crippen LogP contribution in [0.5, 0.6) is 0 Å². The number of nitrogens with zero attached hydrogens (tertiary/aromatic N) is 5. The number of nitrogens with one attached hydrogen (secondary N) is 1. The molecule has 4 N–H and O–H groups in total. The van der Waals surface area contributed by atoms with Crippen LogP contribution in [0.3, 0.4) is 0 Å². The van der Waals surface area contributed by atoms with Crippen LogP contribution in [0.1, 0.15) is 26.5 Å². The van der Waals surface area contributed by atoms with Gasteiger partial charge in [0.1, 0.15) is 29.3 Å². The molecular formula is C18H24N6O4. The fourth-order valence-corrected chi connectivity index (χ4v) is 3.39. The Kier molecular flexibility index (Phi) is 5.11. The summed E-state index contributed by atoms with van der Waals surface area (Å²) in [5.74, 6) is 0.540. The molecule has 150 valence electrons. The summed E-state index contributed by atoms with van der Waals surface area (Å²) in [6.07, 6.45) is 1.44. The van der Waals surface area contributed by atoms with Crippen molar-refractivity contribution >= 4 is 28.0 Å². The molecule has 0 spiro atoms. The molecule has 4 heterocycles. The van der Waals surface area contributed by atoms with Crippen molar-refractivity contribution in [2.75, 3.05) is 18.5 Å². The normalized spacial score (nSPS) is 25.2. The third kappa shape index (κ3) is 3.18. The molecule has 0 unspecified atom stereocenters. The molecule has 0 bridgehead atoms. The van der Waals surface area contributed by atoms with E-state index in [1.54, 1.807) is 17.0 Å². The molecule has 10 nitrogen and oxygen atoms in total. The van der Waals surface area contributed by atoms with Gasteiger partial charge >= 0.3 is 0 Å². The number of ether oxygens (including phenoxy) is 1. The first-order valence-electron chi connectivity index (χ1n) is 9.34. The Bertz CT molecular complexity index is 977. The summed E-state index contributed by atoms with van der Waals surface area (Å²) in [4.78, 5) is 17.7. The second kappa shape index (κ2) is 7.55. The van der Waals surface area contributed by atoms with Crippen molar-refractivity contribution in [2.24, 2.45) is 5.92 Å². The molecule has 3 aromatic heterocycles. The van der Waals surface area contributed by atoms with Crippen LogP contribution in [0.4, 0.5) is 5.69 Å². The van der Waals surface area contributed by atoms with Crippen molar-refractivity contribution < 1.29 is 20.1 Å². The van der Waals surface area contributed by atoms with Crippen LogP contribution >= 0.6 is 0 Å². The number of anilines is 1. The summed E-state index contributed by atoms with van der Waals surface area (Å²) in [6.45, 7) is 4.64. The van der Waals surface area contributed by atoms with Gasteiger partial charge in [0, 0.05) is 18.9 Å². The third-order valence-electron chi connectivity index (χ3n) is 4.95. The largest absolute Gasteiger partial charge is 0.394 e. The van der Waals surface area contributed by atoms with E-state index in [1.165, 1.54) is 6.33 Å². The summed E-state index contributed by atoms with van der Waals surface area (Å²) in [5.41, 5.74) is 2.81. The first kappa shape index (κ1) is 18.9. The highest BCUT2D eigenvalue weighted by Gasteiger charge is 2.44. The average molecular weight is 388 g/mol.